The molecule has 4 nitrogen and oxygen atoms in total. The maximum absolute atomic E-state index is 9.97. The first-order valence-corrected chi connectivity index (χ1v) is 6.77. The molecule has 1 aliphatic heterocycles. The van der Waals surface area contributed by atoms with Crippen LogP contribution >= 0.6 is 0 Å². The normalized spacial score (nSPS) is 14.2. The molecule has 2 aromatic carbocycles. The molecule has 0 aliphatic carbocycles. The lowest BCUT2D eigenvalue weighted by Crippen LogP contribution is -2.38. The molecular weight excluding hydrogens is 250 g/mol. The van der Waals surface area contributed by atoms with Crippen molar-refractivity contribution < 1.29 is 5.11 Å². The summed E-state index contributed by atoms with van der Waals surface area (Å²) in [7, 11) is 2.11. The quantitative estimate of drug-likeness (QED) is 0.649. The Kier molecular flexibility index (Phi) is 3.14. The lowest BCUT2D eigenvalue weighted by atomic mass is 10.1. The van der Waals surface area contributed by atoms with Gasteiger partial charge >= 0.3 is 0 Å². The molecule has 0 atom stereocenters. The second-order valence-corrected chi connectivity index (χ2v) is 5.22. The molecule has 0 saturated carbocycles. The van der Waals surface area contributed by atoms with Crippen molar-refractivity contribution in [3.05, 3.63) is 48.0 Å². The van der Waals surface area contributed by atoms with Crippen molar-refractivity contribution in [2.45, 2.75) is 6.54 Å². The molecule has 0 aromatic heterocycles. The fourth-order valence-corrected chi connectivity index (χ4v) is 2.67. The zero-order valence-electron chi connectivity index (χ0n) is 11.6. The van der Waals surface area contributed by atoms with Crippen LogP contribution in [-0.2, 0) is 6.54 Å². The van der Waals surface area contributed by atoms with Gasteiger partial charge in [-0.15, -0.1) is 0 Å². The largest absolute Gasteiger partial charge is 0.508 e. The molecule has 1 aliphatic rings. The van der Waals surface area contributed by atoms with Crippen LogP contribution in [0, 0.1) is 0 Å². The second kappa shape index (κ2) is 4.96. The molecule has 2 aromatic rings. The number of phenols is 1. The highest BCUT2D eigenvalue weighted by atomic mass is 16.3. The number of fused-ring (bicyclic) bond motifs is 1. The van der Waals surface area contributed by atoms with Crippen molar-refractivity contribution in [1.29, 1.82) is 0 Å². The summed E-state index contributed by atoms with van der Waals surface area (Å²) in [6.45, 7) is 2.57. The van der Waals surface area contributed by atoms with E-state index in [-0.39, 0.29) is 0 Å². The predicted octanol–water partition coefficient (Wildman–Crippen LogP) is 2.43. The van der Waals surface area contributed by atoms with Gasteiger partial charge in [0.1, 0.15) is 5.75 Å². The van der Waals surface area contributed by atoms with Crippen LogP contribution in [0.1, 0.15) is 5.56 Å². The third-order valence-electron chi connectivity index (χ3n) is 3.80. The van der Waals surface area contributed by atoms with Crippen molar-refractivity contribution >= 4 is 17.1 Å². The molecule has 1 heterocycles. The first-order chi connectivity index (χ1) is 9.65. The topological polar surface area (TPSA) is 52.7 Å². The Hall–Kier alpha value is -2.36. The second-order valence-electron chi connectivity index (χ2n) is 5.22. The maximum Gasteiger partial charge on any atom is 0.120 e. The van der Waals surface area contributed by atoms with Gasteiger partial charge in [-0.25, -0.2) is 0 Å². The molecule has 0 unspecified atom stereocenters. The highest BCUT2D eigenvalue weighted by molar-refractivity contribution is 5.73. The van der Waals surface area contributed by atoms with Gasteiger partial charge in [0.2, 0.25) is 0 Å². The van der Waals surface area contributed by atoms with Crippen LogP contribution in [0.5, 0.6) is 5.75 Å². The first-order valence-electron chi connectivity index (χ1n) is 6.77. The molecule has 20 heavy (non-hydrogen) atoms. The van der Waals surface area contributed by atoms with E-state index in [4.69, 9.17) is 5.73 Å². The van der Waals surface area contributed by atoms with Crippen LogP contribution in [0.4, 0.5) is 17.1 Å². The van der Waals surface area contributed by atoms with E-state index in [0.717, 1.165) is 18.7 Å². The maximum atomic E-state index is 9.97. The number of para-hydroxylation sites is 2. The van der Waals surface area contributed by atoms with Crippen LogP contribution in [-0.4, -0.2) is 25.2 Å². The van der Waals surface area contributed by atoms with Gasteiger partial charge in [0.25, 0.3) is 0 Å². The van der Waals surface area contributed by atoms with E-state index < -0.39 is 0 Å². The summed E-state index contributed by atoms with van der Waals surface area (Å²) in [4.78, 5) is 4.54. The van der Waals surface area contributed by atoms with E-state index in [1.54, 1.807) is 12.1 Å². The Labute approximate surface area is 119 Å². The summed E-state index contributed by atoms with van der Waals surface area (Å²) in [5, 5.41) is 9.97. The number of likely N-dealkylation sites (N-methyl/N-ethyl adjacent to an activating group) is 1. The molecule has 3 N–H and O–H groups in total. The van der Waals surface area contributed by atoms with Gasteiger partial charge in [-0.3, -0.25) is 0 Å². The van der Waals surface area contributed by atoms with Crippen LogP contribution in [0.2, 0.25) is 0 Å². The van der Waals surface area contributed by atoms with Crippen molar-refractivity contribution in [3.8, 4) is 5.75 Å². The zero-order valence-corrected chi connectivity index (χ0v) is 11.6. The van der Waals surface area contributed by atoms with Crippen LogP contribution in [0.3, 0.4) is 0 Å². The van der Waals surface area contributed by atoms with Crippen molar-refractivity contribution in [1.82, 2.24) is 0 Å². The zero-order chi connectivity index (χ0) is 14.1. The minimum absolute atomic E-state index is 0.301. The first kappa shape index (κ1) is 12.7. The monoisotopic (exact) mass is 269 g/mol. The van der Waals surface area contributed by atoms with Crippen LogP contribution < -0.4 is 15.5 Å². The Morgan fingerprint density at radius 2 is 1.85 bits per heavy atom. The minimum Gasteiger partial charge on any atom is -0.508 e. The van der Waals surface area contributed by atoms with E-state index in [0.29, 0.717) is 18.0 Å². The van der Waals surface area contributed by atoms with Crippen molar-refractivity contribution in [2.75, 3.05) is 35.7 Å². The highest BCUT2D eigenvalue weighted by Crippen LogP contribution is 2.34. The summed E-state index contributed by atoms with van der Waals surface area (Å²) in [6.07, 6.45) is 0. The Bertz CT molecular complexity index is 627. The molecule has 3 rings (SSSR count). The molecule has 0 bridgehead atoms. The average molecular weight is 269 g/mol. The third kappa shape index (κ3) is 2.25. The molecule has 0 saturated heterocycles. The number of aromatic hydroxyl groups is 1. The van der Waals surface area contributed by atoms with Crippen molar-refractivity contribution in [3.63, 3.8) is 0 Å². The number of benzene rings is 2. The molecule has 0 radical (unpaired) electrons. The summed E-state index contributed by atoms with van der Waals surface area (Å²) in [5.74, 6) is 0.301. The lowest BCUT2D eigenvalue weighted by Gasteiger charge is -2.37. The van der Waals surface area contributed by atoms with E-state index >= 15 is 0 Å². The molecule has 104 valence electrons. The van der Waals surface area contributed by atoms with Crippen molar-refractivity contribution in [2.24, 2.45) is 0 Å². The SMILES string of the molecule is CN1CCN(Cc2cc(N)ccc2O)c2ccccc21. The fraction of sp³-hybridized carbons (Fsp3) is 0.250. The van der Waals surface area contributed by atoms with Gasteiger partial charge in [-0.2, -0.15) is 0 Å². The van der Waals surface area contributed by atoms with Gasteiger partial charge in [-0.05, 0) is 30.3 Å². The Morgan fingerprint density at radius 1 is 1.10 bits per heavy atom. The molecule has 0 amide bonds. The van der Waals surface area contributed by atoms with Gasteiger partial charge in [-0.1, -0.05) is 12.1 Å². The van der Waals surface area contributed by atoms with Gasteiger partial charge in [0, 0.05) is 37.9 Å². The number of nitrogens with two attached hydrogens (primary N) is 1. The number of hydrogen-bond donors (Lipinski definition) is 2. The molecule has 0 spiro atoms. The highest BCUT2D eigenvalue weighted by Gasteiger charge is 2.20. The summed E-state index contributed by atoms with van der Waals surface area (Å²) < 4.78 is 0. The molecular formula is C16H19N3O. The van der Waals surface area contributed by atoms with E-state index in [1.807, 2.05) is 12.1 Å². The van der Waals surface area contributed by atoms with Gasteiger partial charge in [0.05, 0.1) is 11.4 Å². The van der Waals surface area contributed by atoms with Gasteiger partial charge in [0.15, 0.2) is 0 Å². The Morgan fingerprint density at radius 3 is 2.65 bits per heavy atom. The van der Waals surface area contributed by atoms with E-state index in [2.05, 4.69) is 35.0 Å². The van der Waals surface area contributed by atoms with E-state index in [1.165, 1.54) is 11.4 Å². The summed E-state index contributed by atoms with van der Waals surface area (Å²) >= 11 is 0. The molecule has 0 fully saturated rings. The summed E-state index contributed by atoms with van der Waals surface area (Å²) in [5.41, 5.74) is 9.78. The van der Waals surface area contributed by atoms with Crippen LogP contribution in [0.15, 0.2) is 42.5 Å². The number of nitrogens with zero attached hydrogens (tertiary/aromatic N) is 2. The van der Waals surface area contributed by atoms with Crippen LogP contribution in [0.25, 0.3) is 0 Å². The minimum atomic E-state index is 0.301. The number of hydrogen-bond acceptors (Lipinski definition) is 4. The third-order valence-corrected chi connectivity index (χ3v) is 3.80. The number of rotatable bonds is 2. The van der Waals surface area contributed by atoms with Gasteiger partial charge < -0.3 is 20.6 Å². The number of anilines is 3. The standard InChI is InChI=1S/C16H19N3O/c1-18-8-9-19(15-5-3-2-4-14(15)18)11-12-10-13(17)6-7-16(12)20/h2-7,10,20H,8-9,11,17H2,1H3. The average Bonchev–Trinajstić information content (AvgIpc) is 2.46. The lowest BCUT2D eigenvalue weighted by molar-refractivity contribution is 0.467. The molecule has 4 heteroatoms. The predicted molar refractivity (Wildman–Crippen MR) is 83.3 cm³/mol. The number of nitrogen functional groups attached to an aromatic ring is 1. The smallest absolute Gasteiger partial charge is 0.120 e. The van der Waals surface area contributed by atoms with E-state index in [9.17, 15) is 5.11 Å². The summed E-state index contributed by atoms with van der Waals surface area (Å²) in [6, 6.07) is 13.6. The number of phenolic OH excluding ortho intramolecular Hbond substituents is 1. The fourth-order valence-electron chi connectivity index (χ4n) is 2.67. The Balaban J connectivity index is 1.92.